The first-order valence-corrected chi connectivity index (χ1v) is 4.91. The van der Waals surface area contributed by atoms with Crippen LogP contribution in [0.3, 0.4) is 0 Å². The molecule has 0 aliphatic rings. The Morgan fingerprint density at radius 1 is 1.25 bits per heavy atom. The largest absolute Gasteiger partial charge is 0.384 e. The average molecular weight is 221 g/mol. The van der Waals surface area contributed by atoms with Crippen LogP contribution < -0.4 is 11.5 Å². The smallest absolute Gasteiger partial charge is 0.243 e. The van der Waals surface area contributed by atoms with E-state index in [0.29, 0.717) is 19.0 Å². The molecule has 0 aliphatic heterocycles. The van der Waals surface area contributed by atoms with Gasteiger partial charge in [0.1, 0.15) is 12.4 Å². The Morgan fingerprint density at radius 3 is 2.56 bits per heavy atom. The molecule has 1 aromatic carbocycles. The van der Waals surface area contributed by atoms with Crippen molar-refractivity contribution >= 4 is 11.7 Å². The predicted octanol–water partition coefficient (Wildman–Crippen LogP) is -0.106. The fourth-order valence-electron chi connectivity index (χ4n) is 1.10. The third-order valence-corrected chi connectivity index (χ3v) is 1.83. The molecule has 4 N–H and O–H groups in total. The van der Waals surface area contributed by atoms with Crippen molar-refractivity contribution in [1.82, 2.24) is 0 Å². The number of hydrogen-bond acceptors (Lipinski definition) is 3. The molecule has 16 heavy (non-hydrogen) atoms. The minimum Gasteiger partial charge on any atom is -0.384 e. The number of rotatable bonds is 6. The molecule has 1 amide bonds. The summed E-state index contributed by atoms with van der Waals surface area (Å²) in [4.78, 5) is 14.5. The second kappa shape index (κ2) is 6.58. The number of nitrogens with zero attached hydrogens (tertiary/aromatic N) is 1. The molecule has 86 valence electrons. The summed E-state index contributed by atoms with van der Waals surface area (Å²) in [5.74, 6) is -0.0247. The summed E-state index contributed by atoms with van der Waals surface area (Å²) in [5, 5.41) is 0. The van der Waals surface area contributed by atoms with Gasteiger partial charge in [-0.25, -0.2) is 0 Å². The van der Waals surface area contributed by atoms with Crippen LogP contribution in [0, 0.1) is 0 Å². The lowest BCUT2D eigenvalue weighted by Crippen LogP contribution is -2.20. The van der Waals surface area contributed by atoms with Gasteiger partial charge >= 0.3 is 0 Å². The molecule has 0 spiro atoms. The number of nitrogens with two attached hydrogens (primary N) is 2. The fourth-order valence-corrected chi connectivity index (χ4v) is 1.10. The molecule has 1 aromatic rings. The van der Waals surface area contributed by atoms with Gasteiger partial charge in [0.15, 0.2) is 0 Å². The molecule has 0 heterocycles. The van der Waals surface area contributed by atoms with Crippen LogP contribution in [0.25, 0.3) is 0 Å². The summed E-state index contributed by atoms with van der Waals surface area (Å²) in [6, 6.07) is 9.45. The first kappa shape index (κ1) is 12.2. The summed E-state index contributed by atoms with van der Waals surface area (Å²) >= 11 is 0. The predicted molar refractivity (Wildman–Crippen MR) is 62.0 cm³/mol. The third-order valence-electron chi connectivity index (χ3n) is 1.83. The van der Waals surface area contributed by atoms with Crippen molar-refractivity contribution in [3.63, 3.8) is 0 Å². The maximum absolute atomic E-state index is 10.4. The van der Waals surface area contributed by atoms with Crippen molar-refractivity contribution in [1.29, 1.82) is 0 Å². The van der Waals surface area contributed by atoms with E-state index in [4.69, 9.17) is 16.2 Å². The monoisotopic (exact) mass is 221 g/mol. The van der Waals surface area contributed by atoms with E-state index in [0.717, 1.165) is 5.56 Å². The zero-order valence-corrected chi connectivity index (χ0v) is 8.93. The van der Waals surface area contributed by atoms with Gasteiger partial charge in [-0.15, -0.1) is 0 Å². The van der Waals surface area contributed by atoms with Crippen molar-refractivity contribution in [2.75, 3.05) is 19.8 Å². The van der Waals surface area contributed by atoms with Crippen LogP contribution in [0.4, 0.5) is 0 Å². The van der Waals surface area contributed by atoms with E-state index in [-0.39, 0.29) is 6.61 Å². The minimum atomic E-state index is -0.486. The van der Waals surface area contributed by atoms with Gasteiger partial charge < -0.3 is 16.2 Å². The van der Waals surface area contributed by atoms with Crippen molar-refractivity contribution in [2.45, 2.75) is 0 Å². The molecule has 0 unspecified atom stereocenters. The van der Waals surface area contributed by atoms with Crippen molar-refractivity contribution in [2.24, 2.45) is 16.5 Å². The maximum atomic E-state index is 10.4. The molecular weight excluding hydrogens is 206 g/mol. The topological polar surface area (TPSA) is 90.7 Å². The van der Waals surface area contributed by atoms with Crippen molar-refractivity contribution in [3.8, 4) is 0 Å². The molecule has 0 saturated heterocycles. The third kappa shape index (κ3) is 4.56. The first-order chi connectivity index (χ1) is 7.70. The van der Waals surface area contributed by atoms with Crippen molar-refractivity contribution in [3.05, 3.63) is 35.9 Å². The fraction of sp³-hybridized carbons (Fsp3) is 0.273. The summed E-state index contributed by atoms with van der Waals surface area (Å²) in [7, 11) is 0. The first-order valence-electron chi connectivity index (χ1n) is 4.91. The summed E-state index contributed by atoms with van der Waals surface area (Å²) < 4.78 is 4.94. The van der Waals surface area contributed by atoms with Gasteiger partial charge in [0.25, 0.3) is 0 Å². The molecule has 0 aromatic heterocycles. The maximum Gasteiger partial charge on any atom is 0.243 e. The van der Waals surface area contributed by atoms with Gasteiger partial charge in [-0.1, -0.05) is 30.3 Å². The van der Waals surface area contributed by atoms with E-state index in [1.165, 1.54) is 0 Å². The number of carbonyl (C=O) groups excluding carboxylic acids is 1. The Kier molecular flexibility index (Phi) is 5.01. The van der Waals surface area contributed by atoms with E-state index in [2.05, 4.69) is 4.99 Å². The number of amides is 1. The highest BCUT2D eigenvalue weighted by Gasteiger charge is 1.96. The second-order valence-corrected chi connectivity index (χ2v) is 3.15. The highest BCUT2D eigenvalue weighted by Crippen LogP contribution is 1.97. The quantitative estimate of drug-likeness (QED) is 0.399. The molecule has 5 nitrogen and oxygen atoms in total. The number of hydrogen-bond donors (Lipinski definition) is 2. The van der Waals surface area contributed by atoms with Crippen molar-refractivity contribution < 1.29 is 9.53 Å². The lowest BCUT2D eigenvalue weighted by Gasteiger charge is -2.01. The van der Waals surface area contributed by atoms with Crippen LogP contribution >= 0.6 is 0 Å². The number of aliphatic imine (C=N–C) groups is 1. The van der Waals surface area contributed by atoms with E-state index >= 15 is 0 Å². The van der Waals surface area contributed by atoms with Crippen LogP contribution in [-0.2, 0) is 9.53 Å². The Bertz CT molecular complexity index is 363. The summed E-state index contributed by atoms with van der Waals surface area (Å²) in [6.07, 6.45) is 0. The second-order valence-electron chi connectivity index (χ2n) is 3.15. The van der Waals surface area contributed by atoms with Gasteiger partial charge in [-0.05, 0) is 0 Å². The summed E-state index contributed by atoms with van der Waals surface area (Å²) in [5.41, 5.74) is 11.5. The Hall–Kier alpha value is -1.88. The van der Waals surface area contributed by atoms with Gasteiger partial charge in [0, 0.05) is 5.56 Å². The van der Waals surface area contributed by atoms with Crippen LogP contribution in [-0.4, -0.2) is 31.5 Å². The number of primary amides is 1. The van der Waals surface area contributed by atoms with E-state index in [1.807, 2.05) is 30.3 Å². The molecular formula is C11H15N3O2. The molecule has 0 fully saturated rings. The molecule has 0 radical (unpaired) electrons. The number of ether oxygens (including phenoxy) is 1. The van der Waals surface area contributed by atoms with Gasteiger partial charge in [0.05, 0.1) is 13.2 Å². The van der Waals surface area contributed by atoms with Gasteiger partial charge in [-0.3, -0.25) is 9.79 Å². The van der Waals surface area contributed by atoms with Crippen LogP contribution in [0.5, 0.6) is 0 Å². The molecule has 5 heteroatoms. The minimum absolute atomic E-state index is 0.0826. The molecule has 0 aliphatic carbocycles. The number of benzene rings is 1. The molecule has 0 atom stereocenters. The van der Waals surface area contributed by atoms with Crippen LogP contribution in [0.2, 0.25) is 0 Å². The molecule has 1 rings (SSSR count). The standard InChI is InChI=1S/C11H15N3O2/c12-10(15)8-16-7-6-14-11(13)9-4-2-1-3-5-9/h1-5H,6-8H2,(H2,12,15)(H2,13,14). The summed E-state index contributed by atoms with van der Waals surface area (Å²) in [6.45, 7) is 0.658. The lowest BCUT2D eigenvalue weighted by atomic mass is 10.2. The zero-order valence-electron chi connectivity index (χ0n) is 8.93. The highest BCUT2D eigenvalue weighted by molar-refractivity contribution is 5.97. The number of carbonyl (C=O) groups is 1. The molecule has 0 bridgehead atoms. The van der Waals surface area contributed by atoms with Crippen LogP contribution in [0.1, 0.15) is 5.56 Å². The van der Waals surface area contributed by atoms with E-state index < -0.39 is 5.91 Å². The Labute approximate surface area is 94.1 Å². The zero-order chi connectivity index (χ0) is 11.8. The highest BCUT2D eigenvalue weighted by atomic mass is 16.5. The molecule has 0 saturated carbocycles. The van der Waals surface area contributed by atoms with Gasteiger partial charge in [-0.2, -0.15) is 0 Å². The number of amidine groups is 1. The lowest BCUT2D eigenvalue weighted by molar-refractivity contribution is -0.122. The SMILES string of the molecule is NC(=O)COCCN=C(N)c1ccccc1. The van der Waals surface area contributed by atoms with Gasteiger partial charge in [0.2, 0.25) is 5.91 Å². The Balaban J connectivity index is 2.32. The van der Waals surface area contributed by atoms with E-state index in [9.17, 15) is 4.79 Å². The van der Waals surface area contributed by atoms with E-state index in [1.54, 1.807) is 0 Å². The van der Waals surface area contributed by atoms with Crippen LogP contribution in [0.15, 0.2) is 35.3 Å². The average Bonchev–Trinajstić information content (AvgIpc) is 2.29. The Morgan fingerprint density at radius 2 is 1.94 bits per heavy atom. The normalized spacial score (nSPS) is 11.4.